The van der Waals surface area contributed by atoms with Gasteiger partial charge in [-0.2, -0.15) is 0 Å². The van der Waals surface area contributed by atoms with E-state index in [0.29, 0.717) is 25.8 Å². The van der Waals surface area contributed by atoms with E-state index in [9.17, 15) is 14.7 Å². The topological polar surface area (TPSA) is 101 Å². The molecule has 1 atom stereocenters. The number of carbonyl (C=O) groups excluding carboxylic acids is 1. The van der Waals surface area contributed by atoms with Crippen LogP contribution in [0.1, 0.15) is 103 Å². The first-order valence-electron chi connectivity index (χ1n) is 10.2. The van der Waals surface area contributed by atoms with Gasteiger partial charge in [0.25, 0.3) is 0 Å². The van der Waals surface area contributed by atoms with E-state index in [0.717, 1.165) is 32.1 Å². The maximum atomic E-state index is 11.5. The van der Waals surface area contributed by atoms with Crippen molar-refractivity contribution in [2.45, 2.75) is 109 Å². The maximum absolute atomic E-state index is 11.5. The summed E-state index contributed by atoms with van der Waals surface area (Å²) < 4.78 is 0. The van der Waals surface area contributed by atoms with Crippen LogP contribution in [0.3, 0.4) is 0 Å². The summed E-state index contributed by atoms with van der Waals surface area (Å²) in [7, 11) is 0. The number of ketones is 1. The van der Waals surface area contributed by atoms with Gasteiger partial charge >= 0.3 is 5.97 Å². The standard InChI is InChI=1S/C20H39NO4/c21-17-16-19(23)18(22)14-12-10-8-6-4-2-1-3-5-7-9-11-13-15-20(24)25/h19,23H,1-17,21H2,(H,24,25). The van der Waals surface area contributed by atoms with Crippen molar-refractivity contribution in [3.63, 3.8) is 0 Å². The van der Waals surface area contributed by atoms with Gasteiger partial charge in [0.15, 0.2) is 5.78 Å². The van der Waals surface area contributed by atoms with Gasteiger partial charge in [0.2, 0.25) is 0 Å². The Kier molecular flexibility index (Phi) is 17.2. The first-order chi connectivity index (χ1) is 12.1. The lowest BCUT2D eigenvalue weighted by molar-refractivity contribution is -0.137. The number of unbranched alkanes of at least 4 members (excludes halogenated alkanes) is 12. The third-order valence-electron chi connectivity index (χ3n) is 4.63. The molecular formula is C20H39NO4. The Morgan fingerprint density at radius 2 is 1.04 bits per heavy atom. The molecule has 0 aliphatic carbocycles. The Morgan fingerprint density at radius 1 is 0.680 bits per heavy atom. The fraction of sp³-hybridized carbons (Fsp3) is 0.900. The van der Waals surface area contributed by atoms with Crippen LogP contribution in [0, 0.1) is 0 Å². The van der Waals surface area contributed by atoms with E-state index in [2.05, 4.69) is 0 Å². The molecule has 0 aromatic rings. The number of nitrogens with two attached hydrogens (primary N) is 1. The number of aliphatic hydroxyl groups is 1. The van der Waals surface area contributed by atoms with E-state index in [4.69, 9.17) is 10.8 Å². The van der Waals surface area contributed by atoms with E-state index < -0.39 is 12.1 Å². The summed E-state index contributed by atoms with van der Waals surface area (Å²) in [6.07, 6.45) is 15.3. The fourth-order valence-corrected chi connectivity index (χ4v) is 3.01. The van der Waals surface area contributed by atoms with Gasteiger partial charge in [-0.05, 0) is 25.8 Å². The van der Waals surface area contributed by atoms with Crippen LogP contribution in [0.15, 0.2) is 0 Å². The SMILES string of the molecule is NCCC(O)C(=O)CCCCCCCCCCCCCCCC(=O)O. The number of carboxylic acid groups (broad SMARTS) is 1. The van der Waals surface area contributed by atoms with E-state index in [1.807, 2.05) is 0 Å². The largest absolute Gasteiger partial charge is 0.481 e. The highest BCUT2D eigenvalue weighted by atomic mass is 16.4. The molecule has 0 bridgehead atoms. The Bertz CT molecular complexity index is 334. The minimum absolute atomic E-state index is 0.0617. The zero-order valence-electron chi connectivity index (χ0n) is 15.9. The second-order valence-electron chi connectivity index (χ2n) is 7.05. The van der Waals surface area contributed by atoms with Crippen LogP contribution in [0.2, 0.25) is 0 Å². The molecular weight excluding hydrogens is 318 g/mol. The van der Waals surface area contributed by atoms with Gasteiger partial charge < -0.3 is 15.9 Å². The summed E-state index contributed by atoms with van der Waals surface area (Å²) in [6, 6.07) is 0. The Labute approximate surface area is 153 Å². The number of aliphatic hydroxyl groups excluding tert-OH is 1. The van der Waals surface area contributed by atoms with Crippen LogP contribution in [-0.2, 0) is 9.59 Å². The molecule has 0 aliphatic heterocycles. The molecule has 0 amide bonds. The maximum Gasteiger partial charge on any atom is 0.303 e. The molecule has 0 spiro atoms. The highest BCUT2D eigenvalue weighted by Gasteiger charge is 2.12. The van der Waals surface area contributed by atoms with Crippen molar-refractivity contribution in [2.75, 3.05) is 6.54 Å². The minimum Gasteiger partial charge on any atom is -0.481 e. The van der Waals surface area contributed by atoms with E-state index in [-0.39, 0.29) is 5.78 Å². The first-order valence-corrected chi connectivity index (χ1v) is 10.2. The van der Waals surface area contributed by atoms with Gasteiger partial charge in [-0.15, -0.1) is 0 Å². The third-order valence-corrected chi connectivity index (χ3v) is 4.63. The normalized spacial score (nSPS) is 12.2. The molecule has 0 fully saturated rings. The van der Waals surface area contributed by atoms with Crippen LogP contribution in [0.4, 0.5) is 0 Å². The van der Waals surface area contributed by atoms with Crippen molar-refractivity contribution < 1.29 is 19.8 Å². The summed E-state index contributed by atoms with van der Waals surface area (Å²) in [5, 5.41) is 18.0. The summed E-state index contributed by atoms with van der Waals surface area (Å²) in [5.74, 6) is -0.746. The van der Waals surface area contributed by atoms with Gasteiger partial charge in [-0.3, -0.25) is 9.59 Å². The highest BCUT2D eigenvalue weighted by molar-refractivity contribution is 5.82. The van der Waals surface area contributed by atoms with E-state index in [1.165, 1.54) is 51.4 Å². The number of hydrogen-bond donors (Lipinski definition) is 3. The second-order valence-corrected chi connectivity index (χ2v) is 7.05. The molecule has 0 rings (SSSR count). The zero-order chi connectivity index (χ0) is 18.8. The fourth-order valence-electron chi connectivity index (χ4n) is 3.01. The average molecular weight is 358 g/mol. The highest BCUT2D eigenvalue weighted by Crippen LogP contribution is 2.13. The third kappa shape index (κ3) is 17.7. The Hall–Kier alpha value is -0.940. The molecule has 5 nitrogen and oxygen atoms in total. The van der Waals surface area contributed by atoms with Gasteiger partial charge in [0, 0.05) is 12.8 Å². The number of aliphatic carboxylic acids is 1. The monoisotopic (exact) mass is 357 g/mol. The van der Waals surface area contributed by atoms with E-state index >= 15 is 0 Å². The van der Waals surface area contributed by atoms with E-state index in [1.54, 1.807) is 0 Å². The molecule has 0 heterocycles. The van der Waals surface area contributed by atoms with Crippen molar-refractivity contribution in [3.05, 3.63) is 0 Å². The van der Waals surface area contributed by atoms with Crippen molar-refractivity contribution in [1.29, 1.82) is 0 Å². The van der Waals surface area contributed by atoms with Crippen molar-refractivity contribution in [2.24, 2.45) is 5.73 Å². The molecule has 148 valence electrons. The van der Waals surface area contributed by atoms with Gasteiger partial charge in [-0.1, -0.05) is 70.6 Å². The zero-order valence-corrected chi connectivity index (χ0v) is 15.9. The summed E-state index contributed by atoms with van der Waals surface area (Å²) in [6.45, 7) is 0.359. The lowest BCUT2D eigenvalue weighted by atomic mass is 10.0. The van der Waals surface area contributed by atoms with Crippen LogP contribution in [0.5, 0.6) is 0 Å². The minimum atomic E-state index is -0.859. The van der Waals surface area contributed by atoms with Crippen LogP contribution in [-0.4, -0.2) is 34.6 Å². The molecule has 5 heteroatoms. The number of carboxylic acids is 1. The van der Waals surface area contributed by atoms with Crippen LogP contribution in [0.25, 0.3) is 0 Å². The number of rotatable bonds is 19. The summed E-state index contributed by atoms with van der Waals surface area (Å²) >= 11 is 0. The van der Waals surface area contributed by atoms with Crippen LogP contribution < -0.4 is 5.73 Å². The number of Topliss-reactive ketones (excluding diaryl/α,β-unsaturated/α-hetero) is 1. The number of hydrogen-bond acceptors (Lipinski definition) is 4. The predicted octanol–water partition coefficient (Wildman–Crippen LogP) is 4.20. The average Bonchev–Trinajstić information content (AvgIpc) is 2.58. The lowest BCUT2D eigenvalue weighted by Gasteiger charge is -2.07. The summed E-state index contributed by atoms with van der Waals surface area (Å²) in [4.78, 5) is 21.9. The van der Waals surface area contributed by atoms with Crippen LogP contribution >= 0.6 is 0 Å². The molecule has 25 heavy (non-hydrogen) atoms. The van der Waals surface area contributed by atoms with Gasteiger partial charge in [0.05, 0.1) is 0 Å². The predicted molar refractivity (Wildman–Crippen MR) is 102 cm³/mol. The van der Waals surface area contributed by atoms with Gasteiger partial charge in [0.1, 0.15) is 6.10 Å². The molecule has 1 unspecified atom stereocenters. The molecule has 0 aromatic heterocycles. The molecule has 0 aromatic carbocycles. The molecule has 0 aliphatic rings. The Morgan fingerprint density at radius 3 is 1.40 bits per heavy atom. The molecule has 0 radical (unpaired) electrons. The van der Waals surface area contributed by atoms with Gasteiger partial charge in [-0.25, -0.2) is 0 Å². The molecule has 0 saturated carbocycles. The second kappa shape index (κ2) is 17.9. The van der Waals surface area contributed by atoms with Crippen molar-refractivity contribution in [1.82, 2.24) is 0 Å². The first kappa shape index (κ1) is 24.1. The summed E-state index contributed by atoms with van der Waals surface area (Å²) in [5.41, 5.74) is 5.33. The Balaban J connectivity index is 3.16. The quantitative estimate of drug-likeness (QED) is 0.301. The number of carbonyl (C=O) groups is 2. The van der Waals surface area contributed by atoms with Crippen molar-refractivity contribution >= 4 is 11.8 Å². The smallest absolute Gasteiger partial charge is 0.303 e. The van der Waals surface area contributed by atoms with Crippen molar-refractivity contribution in [3.8, 4) is 0 Å². The molecule has 0 saturated heterocycles. The molecule has 4 N–H and O–H groups in total. The lowest BCUT2D eigenvalue weighted by Crippen LogP contribution is -2.23.